The molecule has 1 aromatic carbocycles. The van der Waals surface area contributed by atoms with Crippen molar-refractivity contribution in [2.75, 3.05) is 17.6 Å². The number of halogens is 2. The highest BCUT2D eigenvalue weighted by molar-refractivity contribution is 9.11. The zero-order valence-electron chi connectivity index (χ0n) is 6.98. The molecule has 0 aliphatic heterocycles. The van der Waals surface area contributed by atoms with Crippen molar-refractivity contribution in [3.63, 3.8) is 0 Å². The van der Waals surface area contributed by atoms with Crippen molar-refractivity contribution in [3.05, 3.63) is 33.7 Å². The molecule has 0 saturated heterocycles. The molecule has 0 fully saturated rings. The molecule has 0 heterocycles. The largest absolute Gasteiger partial charge is 0.399 e. The Morgan fingerprint density at radius 1 is 1.54 bits per heavy atom. The van der Waals surface area contributed by atoms with Crippen molar-refractivity contribution >= 4 is 43.2 Å². The number of benzene rings is 1. The van der Waals surface area contributed by atoms with Crippen LogP contribution in [0.2, 0.25) is 0 Å². The van der Waals surface area contributed by atoms with E-state index in [9.17, 15) is 0 Å². The van der Waals surface area contributed by atoms with Crippen molar-refractivity contribution < 1.29 is 0 Å². The van der Waals surface area contributed by atoms with E-state index in [4.69, 9.17) is 5.73 Å². The molecule has 0 saturated carbocycles. The van der Waals surface area contributed by atoms with Crippen LogP contribution in [0.25, 0.3) is 0 Å². The molecular formula is C9H10Br2N2. The number of anilines is 2. The van der Waals surface area contributed by atoms with Gasteiger partial charge in [0.25, 0.3) is 0 Å². The fourth-order valence-electron chi connectivity index (χ4n) is 0.866. The van der Waals surface area contributed by atoms with Gasteiger partial charge in [-0.2, -0.15) is 0 Å². The average molecular weight is 306 g/mol. The Balaban J connectivity index is 2.72. The van der Waals surface area contributed by atoms with Gasteiger partial charge in [-0.1, -0.05) is 22.5 Å². The Bertz CT molecular complexity index is 323. The van der Waals surface area contributed by atoms with Gasteiger partial charge in [-0.25, -0.2) is 0 Å². The fourth-order valence-corrected chi connectivity index (χ4v) is 1.54. The van der Waals surface area contributed by atoms with Crippen molar-refractivity contribution in [2.45, 2.75) is 0 Å². The highest BCUT2D eigenvalue weighted by atomic mass is 79.9. The van der Waals surface area contributed by atoms with Crippen molar-refractivity contribution in [1.82, 2.24) is 0 Å². The summed E-state index contributed by atoms with van der Waals surface area (Å²) in [6, 6.07) is 5.64. The maximum absolute atomic E-state index is 5.60. The molecule has 3 N–H and O–H groups in total. The lowest BCUT2D eigenvalue weighted by Gasteiger charge is -2.07. The van der Waals surface area contributed by atoms with E-state index in [-0.39, 0.29) is 0 Å². The second-order valence-electron chi connectivity index (χ2n) is 2.61. The SMILES string of the molecule is C=C(Br)CNc1ccc(N)cc1Br. The normalized spacial score (nSPS) is 9.69. The summed E-state index contributed by atoms with van der Waals surface area (Å²) in [4.78, 5) is 0. The molecule has 1 rings (SSSR count). The molecule has 0 spiro atoms. The first-order valence-corrected chi connectivity index (χ1v) is 5.30. The lowest BCUT2D eigenvalue weighted by molar-refractivity contribution is 1.32. The van der Waals surface area contributed by atoms with Gasteiger partial charge < -0.3 is 11.1 Å². The van der Waals surface area contributed by atoms with E-state index in [2.05, 4.69) is 43.8 Å². The second-order valence-corrected chi connectivity index (χ2v) is 4.59. The molecule has 0 unspecified atom stereocenters. The predicted octanol–water partition coefficient (Wildman–Crippen LogP) is 3.35. The van der Waals surface area contributed by atoms with Crippen LogP contribution in [0.1, 0.15) is 0 Å². The van der Waals surface area contributed by atoms with Crippen molar-refractivity contribution in [3.8, 4) is 0 Å². The van der Waals surface area contributed by atoms with E-state index in [0.717, 1.165) is 20.3 Å². The van der Waals surface area contributed by atoms with Crippen LogP contribution in [0.5, 0.6) is 0 Å². The number of nitrogens with two attached hydrogens (primary N) is 1. The van der Waals surface area contributed by atoms with Gasteiger partial charge in [0, 0.05) is 26.9 Å². The maximum atomic E-state index is 5.60. The Hall–Kier alpha value is -0.480. The van der Waals surface area contributed by atoms with Crippen LogP contribution in [-0.2, 0) is 0 Å². The van der Waals surface area contributed by atoms with Crippen molar-refractivity contribution in [2.24, 2.45) is 0 Å². The lowest BCUT2D eigenvalue weighted by Crippen LogP contribution is -2.01. The van der Waals surface area contributed by atoms with Gasteiger partial charge in [-0.05, 0) is 34.1 Å². The first-order valence-electron chi connectivity index (χ1n) is 3.72. The molecule has 0 aliphatic carbocycles. The topological polar surface area (TPSA) is 38.0 Å². The van der Waals surface area contributed by atoms with Gasteiger partial charge in [0.1, 0.15) is 0 Å². The molecule has 4 heteroatoms. The Morgan fingerprint density at radius 3 is 2.77 bits per heavy atom. The summed E-state index contributed by atoms with van der Waals surface area (Å²) >= 11 is 6.68. The number of hydrogen-bond donors (Lipinski definition) is 2. The Kier molecular flexibility index (Phi) is 3.81. The zero-order valence-corrected chi connectivity index (χ0v) is 10.2. The molecule has 70 valence electrons. The number of rotatable bonds is 3. The molecule has 0 bridgehead atoms. The molecule has 1 aromatic rings. The van der Waals surface area contributed by atoms with Crippen LogP contribution in [-0.4, -0.2) is 6.54 Å². The Labute approximate surface area is 94.5 Å². The smallest absolute Gasteiger partial charge is 0.0488 e. The third-order valence-corrected chi connectivity index (χ3v) is 2.40. The van der Waals surface area contributed by atoms with Crippen LogP contribution in [0, 0.1) is 0 Å². The van der Waals surface area contributed by atoms with Gasteiger partial charge in [-0.15, -0.1) is 0 Å². The van der Waals surface area contributed by atoms with Crippen LogP contribution < -0.4 is 11.1 Å². The minimum absolute atomic E-state index is 0.697. The molecule has 0 amide bonds. The maximum Gasteiger partial charge on any atom is 0.0488 e. The standard InChI is InChI=1S/C9H10Br2N2/c1-6(10)5-13-9-3-2-7(12)4-8(9)11/h2-4,13H,1,5,12H2. The minimum atomic E-state index is 0.697. The van der Waals surface area contributed by atoms with E-state index in [1.807, 2.05) is 18.2 Å². The summed E-state index contributed by atoms with van der Waals surface area (Å²) in [6.07, 6.45) is 0. The average Bonchev–Trinajstić information content (AvgIpc) is 2.02. The van der Waals surface area contributed by atoms with Crippen LogP contribution in [0.4, 0.5) is 11.4 Å². The fraction of sp³-hybridized carbons (Fsp3) is 0.111. The molecular weight excluding hydrogens is 296 g/mol. The highest BCUT2D eigenvalue weighted by Gasteiger charge is 1.98. The van der Waals surface area contributed by atoms with E-state index in [1.165, 1.54) is 0 Å². The van der Waals surface area contributed by atoms with E-state index >= 15 is 0 Å². The molecule has 2 nitrogen and oxygen atoms in total. The molecule has 13 heavy (non-hydrogen) atoms. The summed E-state index contributed by atoms with van der Waals surface area (Å²) in [5.41, 5.74) is 7.35. The van der Waals surface area contributed by atoms with Gasteiger partial charge in [0.05, 0.1) is 0 Å². The summed E-state index contributed by atoms with van der Waals surface area (Å²) in [5.74, 6) is 0. The summed E-state index contributed by atoms with van der Waals surface area (Å²) < 4.78 is 1.87. The quantitative estimate of drug-likeness (QED) is 0.841. The third-order valence-electron chi connectivity index (χ3n) is 1.46. The first kappa shape index (κ1) is 10.6. The summed E-state index contributed by atoms with van der Waals surface area (Å²) in [5, 5.41) is 3.19. The van der Waals surface area contributed by atoms with Gasteiger partial charge >= 0.3 is 0 Å². The van der Waals surface area contributed by atoms with Gasteiger partial charge in [-0.3, -0.25) is 0 Å². The molecule has 0 aliphatic rings. The number of nitrogens with one attached hydrogen (secondary N) is 1. The zero-order chi connectivity index (χ0) is 9.84. The predicted molar refractivity (Wildman–Crippen MR) is 65.1 cm³/mol. The van der Waals surface area contributed by atoms with Crippen molar-refractivity contribution in [1.29, 1.82) is 0 Å². The number of hydrogen-bond acceptors (Lipinski definition) is 2. The molecule has 0 atom stereocenters. The summed E-state index contributed by atoms with van der Waals surface area (Å²) in [7, 11) is 0. The molecule has 0 radical (unpaired) electrons. The van der Waals surface area contributed by atoms with E-state index in [0.29, 0.717) is 6.54 Å². The first-order chi connectivity index (χ1) is 6.09. The van der Waals surface area contributed by atoms with E-state index < -0.39 is 0 Å². The third kappa shape index (κ3) is 3.40. The Morgan fingerprint density at radius 2 is 2.23 bits per heavy atom. The van der Waals surface area contributed by atoms with Crippen LogP contribution in [0.15, 0.2) is 33.7 Å². The van der Waals surface area contributed by atoms with E-state index in [1.54, 1.807) is 0 Å². The number of nitrogen functional groups attached to an aromatic ring is 1. The lowest BCUT2D eigenvalue weighted by atomic mass is 10.3. The van der Waals surface area contributed by atoms with Crippen LogP contribution >= 0.6 is 31.9 Å². The van der Waals surface area contributed by atoms with Gasteiger partial charge in [0.15, 0.2) is 0 Å². The highest BCUT2D eigenvalue weighted by Crippen LogP contribution is 2.24. The monoisotopic (exact) mass is 304 g/mol. The molecule has 0 aromatic heterocycles. The minimum Gasteiger partial charge on any atom is -0.399 e. The summed E-state index contributed by atoms with van der Waals surface area (Å²) in [6.45, 7) is 4.43. The van der Waals surface area contributed by atoms with Gasteiger partial charge in [0.2, 0.25) is 0 Å². The van der Waals surface area contributed by atoms with Crippen LogP contribution in [0.3, 0.4) is 0 Å². The second kappa shape index (κ2) is 4.67.